The lowest BCUT2D eigenvalue weighted by Gasteiger charge is -2.33. The molecule has 3 rings (SSSR count). The molecule has 1 saturated heterocycles. The minimum Gasteiger partial charge on any atom is -0.326 e. The predicted octanol–water partition coefficient (Wildman–Crippen LogP) is 2.93. The Bertz CT molecular complexity index is 837. The van der Waals surface area contributed by atoms with Gasteiger partial charge in [0.2, 0.25) is 0 Å². The van der Waals surface area contributed by atoms with Crippen molar-refractivity contribution < 1.29 is 10.0 Å². The van der Waals surface area contributed by atoms with Gasteiger partial charge in [0, 0.05) is 25.2 Å². The van der Waals surface area contributed by atoms with Gasteiger partial charge in [0.15, 0.2) is 0 Å². The van der Waals surface area contributed by atoms with E-state index in [4.69, 9.17) is 5.21 Å². The Kier molecular flexibility index (Phi) is 5.99. The summed E-state index contributed by atoms with van der Waals surface area (Å²) in [5.74, 6) is -0.552. The zero-order chi connectivity index (χ0) is 18.4. The minimum absolute atomic E-state index is 0.410. The van der Waals surface area contributed by atoms with Crippen LogP contribution < -0.4 is 5.48 Å². The van der Waals surface area contributed by atoms with Crippen molar-refractivity contribution in [1.82, 2.24) is 19.9 Å². The van der Waals surface area contributed by atoms with Crippen LogP contribution in [0.1, 0.15) is 24.4 Å². The van der Waals surface area contributed by atoms with E-state index in [1.165, 1.54) is 12.5 Å². The largest absolute Gasteiger partial charge is 0.326 e. The summed E-state index contributed by atoms with van der Waals surface area (Å²) < 4.78 is 2.26. The molecule has 0 radical (unpaired) electrons. The van der Waals surface area contributed by atoms with Crippen LogP contribution in [0.25, 0.3) is 17.1 Å². The van der Waals surface area contributed by atoms with Crippen LogP contribution in [0, 0.1) is 0 Å². The number of hydrogen-bond donors (Lipinski definition) is 2. The molecule has 1 amide bonds. The van der Waals surface area contributed by atoms with E-state index in [1.54, 1.807) is 17.6 Å². The monoisotopic (exact) mass is 352 g/mol. The Morgan fingerprint density at radius 1 is 1.46 bits per heavy atom. The van der Waals surface area contributed by atoms with Crippen LogP contribution in [0.3, 0.4) is 0 Å². The fourth-order valence-electron chi connectivity index (χ4n) is 3.38. The van der Waals surface area contributed by atoms with E-state index in [-0.39, 0.29) is 0 Å². The molecule has 2 aromatic rings. The average molecular weight is 352 g/mol. The fraction of sp³-hybridized carbons (Fsp3) is 0.300. The third kappa shape index (κ3) is 4.28. The highest BCUT2D eigenvalue weighted by molar-refractivity contribution is 5.91. The molecular weight excluding hydrogens is 328 g/mol. The summed E-state index contributed by atoms with van der Waals surface area (Å²) in [7, 11) is 0. The first-order chi connectivity index (χ1) is 12.7. The lowest BCUT2D eigenvalue weighted by Crippen LogP contribution is -2.36. The second-order valence-electron chi connectivity index (χ2n) is 6.43. The van der Waals surface area contributed by atoms with Crippen LogP contribution in [0.2, 0.25) is 0 Å². The Balaban J connectivity index is 1.76. The minimum atomic E-state index is -0.552. The molecule has 1 aromatic heterocycles. The number of allylic oxidation sites excluding steroid dienone is 2. The zero-order valence-corrected chi connectivity index (χ0v) is 14.7. The lowest BCUT2D eigenvalue weighted by molar-refractivity contribution is -0.124. The van der Waals surface area contributed by atoms with Crippen LogP contribution in [0.15, 0.2) is 55.4 Å². The van der Waals surface area contributed by atoms with Crippen molar-refractivity contribution in [1.29, 1.82) is 0 Å². The first-order valence-corrected chi connectivity index (χ1v) is 8.80. The number of carbonyl (C=O) groups is 1. The molecule has 26 heavy (non-hydrogen) atoms. The molecule has 0 saturated carbocycles. The molecule has 1 fully saturated rings. The second-order valence-corrected chi connectivity index (χ2v) is 6.43. The molecule has 1 aromatic carbocycles. The van der Waals surface area contributed by atoms with Gasteiger partial charge < -0.3 is 4.57 Å². The maximum atomic E-state index is 11.1. The standard InChI is InChI=1S/C20H24N4O2/c1-2-3-4-11-23-12-5-6-17(14-23)24-15-21-18-13-16(7-9-19(18)24)8-10-20(25)22-26/h2-4,7-10,13,15,17,26H,1,5-6,11-12,14H2,(H,22,25)/b4-3+,10-8+. The molecule has 6 nitrogen and oxygen atoms in total. The molecular formula is C20H24N4O2. The smallest absolute Gasteiger partial charge is 0.267 e. The summed E-state index contributed by atoms with van der Waals surface area (Å²) in [5, 5.41) is 8.54. The molecule has 0 bridgehead atoms. The Labute approximate surface area is 153 Å². The third-order valence-electron chi connectivity index (χ3n) is 4.65. The second kappa shape index (κ2) is 8.60. The Hall–Kier alpha value is -2.70. The predicted molar refractivity (Wildman–Crippen MR) is 103 cm³/mol. The highest BCUT2D eigenvalue weighted by Gasteiger charge is 2.21. The van der Waals surface area contributed by atoms with Crippen LogP contribution in [0.5, 0.6) is 0 Å². The number of nitrogens with zero attached hydrogens (tertiary/aromatic N) is 3. The third-order valence-corrected chi connectivity index (χ3v) is 4.65. The summed E-state index contributed by atoms with van der Waals surface area (Å²) in [6.07, 6.45) is 13.1. The first-order valence-electron chi connectivity index (χ1n) is 8.80. The summed E-state index contributed by atoms with van der Waals surface area (Å²) in [6.45, 7) is 6.77. The number of likely N-dealkylation sites (tertiary alicyclic amines) is 1. The maximum Gasteiger partial charge on any atom is 0.267 e. The SMILES string of the molecule is C=C/C=C/CN1CCCC(n2cnc3cc(/C=C/C(=O)NO)ccc32)C1. The zero-order valence-electron chi connectivity index (χ0n) is 14.7. The normalized spacial score (nSPS) is 18.7. The number of aromatic nitrogens is 2. The molecule has 136 valence electrons. The van der Waals surface area contributed by atoms with Crippen molar-refractivity contribution in [2.24, 2.45) is 0 Å². The number of benzene rings is 1. The van der Waals surface area contributed by atoms with Crippen molar-refractivity contribution >= 4 is 23.0 Å². The van der Waals surface area contributed by atoms with Gasteiger partial charge in [0.25, 0.3) is 5.91 Å². The molecule has 1 aliphatic rings. The molecule has 1 atom stereocenters. The summed E-state index contributed by atoms with van der Waals surface area (Å²) in [4.78, 5) is 18.1. The number of carbonyl (C=O) groups excluding carboxylic acids is 1. The van der Waals surface area contributed by atoms with Gasteiger partial charge in [-0.1, -0.05) is 30.9 Å². The molecule has 6 heteroatoms. The van der Waals surface area contributed by atoms with Gasteiger partial charge in [-0.3, -0.25) is 14.9 Å². The van der Waals surface area contributed by atoms with Crippen molar-refractivity contribution in [3.05, 3.63) is 61.0 Å². The van der Waals surface area contributed by atoms with Gasteiger partial charge in [0.05, 0.1) is 17.4 Å². The fourth-order valence-corrected chi connectivity index (χ4v) is 3.38. The van der Waals surface area contributed by atoms with Crippen LogP contribution in [-0.4, -0.2) is 45.2 Å². The van der Waals surface area contributed by atoms with Crippen molar-refractivity contribution in [2.75, 3.05) is 19.6 Å². The van der Waals surface area contributed by atoms with Gasteiger partial charge in [-0.05, 0) is 43.2 Å². The Morgan fingerprint density at radius 3 is 3.15 bits per heavy atom. The number of piperidine rings is 1. The molecule has 2 N–H and O–H groups in total. The molecule has 2 heterocycles. The number of rotatable bonds is 6. The highest BCUT2D eigenvalue weighted by atomic mass is 16.5. The number of amides is 1. The average Bonchev–Trinajstić information content (AvgIpc) is 3.10. The number of fused-ring (bicyclic) bond motifs is 1. The molecule has 0 spiro atoms. The van der Waals surface area contributed by atoms with Gasteiger partial charge in [-0.15, -0.1) is 0 Å². The molecule has 1 aliphatic heterocycles. The van der Waals surface area contributed by atoms with E-state index in [2.05, 4.69) is 27.1 Å². The quantitative estimate of drug-likeness (QED) is 0.363. The number of imidazole rings is 1. The summed E-state index contributed by atoms with van der Waals surface area (Å²) in [5.41, 5.74) is 4.45. The molecule has 0 aliphatic carbocycles. The Morgan fingerprint density at radius 2 is 2.35 bits per heavy atom. The van der Waals surface area contributed by atoms with E-state index in [9.17, 15) is 4.79 Å². The number of hydroxylamine groups is 1. The van der Waals surface area contributed by atoms with E-state index in [0.717, 1.165) is 42.7 Å². The lowest BCUT2D eigenvalue weighted by atomic mass is 10.0. The van der Waals surface area contributed by atoms with Crippen LogP contribution >= 0.6 is 0 Å². The number of nitrogens with one attached hydrogen (secondary N) is 1. The van der Waals surface area contributed by atoms with Gasteiger partial charge in [-0.2, -0.15) is 0 Å². The van der Waals surface area contributed by atoms with E-state index in [1.807, 2.05) is 30.6 Å². The van der Waals surface area contributed by atoms with Gasteiger partial charge in [0.1, 0.15) is 0 Å². The van der Waals surface area contributed by atoms with Gasteiger partial charge >= 0.3 is 0 Å². The molecule has 1 unspecified atom stereocenters. The highest BCUT2D eigenvalue weighted by Crippen LogP contribution is 2.26. The van der Waals surface area contributed by atoms with Crippen LogP contribution in [-0.2, 0) is 4.79 Å². The summed E-state index contributed by atoms with van der Waals surface area (Å²) >= 11 is 0. The van der Waals surface area contributed by atoms with Crippen molar-refractivity contribution in [3.8, 4) is 0 Å². The van der Waals surface area contributed by atoms with Crippen LogP contribution in [0.4, 0.5) is 0 Å². The number of hydrogen-bond acceptors (Lipinski definition) is 4. The van der Waals surface area contributed by atoms with E-state index in [0.29, 0.717) is 6.04 Å². The van der Waals surface area contributed by atoms with Crippen molar-refractivity contribution in [3.63, 3.8) is 0 Å². The van der Waals surface area contributed by atoms with E-state index >= 15 is 0 Å². The van der Waals surface area contributed by atoms with Gasteiger partial charge in [-0.25, -0.2) is 10.5 Å². The maximum absolute atomic E-state index is 11.1. The first kappa shape index (κ1) is 18.1. The topological polar surface area (TPSA) is 70.4 Å². The summed E-state index contributed by atoms with van der Waals surface area (Å²) in [6, 6.07) is 6.35. The van der Waals surface area contributed by atoms with E-state index < -0.39 is 5.91 Å². The van der Waals surface area contributed by atoms with Crippen molar-refractivity contribution in [2.45, 2.75) is 18.9 Å².